The summed E-state index contributed by atoms with van der Waals surface area (Å²) in [6.45, 7) is 7.25. The molecule has 0 N–H and O–H groups in total. The van der Waals surface area contributed by atoms with Gasteiger partial charge in [0.1, 0.15) is 0 Å². The van der Waals surface area contributed by atoms with Crippen LogP contribution in [0.4, 0.5) is 0 Å². The van der Waals surface area contributed by atoms with Crippen molar-refractivity contribution in [3.8, 4) is 11.5 Å². The van der Waals surface area contributed by atoms with Crippen LogP contribution in [0.5, 0.6) is 11.5 Å². The molecule has 0 bridgehead atoms. The van der Waals surface area contributed by atoms with Crippen molar-refractivity contribution < 1.29 is 19.0 Å². The van der Waals surface area contributed by atoms with E-state index in [1.165, 1.54) is 0 Å². The van der Waals surface area contributed by atoms with Gasteiger partial charge in [-0.3, -0.25) is 4.79 Å². The Labute approximate surface area is 136 Å². The maximum absolute atomic E-state index is 12.5. The number of halogens is 1. The lowest BCUT2D eigenvalue weighted by atomic mass is 10.1. The van der Waals surface area contributed by atoms with Crippen molar-refractivity contribution in [3.05, 3.63) is 22.7 Å². The van der Waals surface area contributed by atoms with Gasteiger partial charge in [-0.1, -0.05) is 18.5 Å². The number of carbonyl (C=O) groups excluding carboxylic acids is 1. The molecule has 1 saturated heterocycles. The van der Waals surface area contributed by atoms with Crippen molar-refractivity contribution in [2.75, 3.05) is 39.5 Å². The highest BCUT2D eigenvalue weighted by Gasteiger charge is 2.22. The molecule has 22 heavy (non-hydrogen) atoms. The van der Waals surface area contributed by atoms with E-state index in [1.54, 1.807) is 17.0 Å². The van der Waals surface area contributed by atoms with Gasteiger partial charge in [0.25, 0.3) is 5.91 Å². The summed E-state index contributed by atoms with van der Waals surface area (Å²) in [5.41, 5.74) is 0.513. The maximum atomic E-state index is 12.5. The molecule has 0 radical (unpaired) electrons. The molecule has 1 heterocycles. The molecule has 1 aromatic carbocycles. The summed E-state index contributed by atoms with van der Waals surface area (Å²) >= 11 is 6.29. The summed E-state index contributed by atoms with van der Waals surface area (Å²) in [7, 11) is 0. The van der Waals surface area contributed by atoms with Crippen molar-refractivity contribution in [1.82, 2.24) is 4.90 Å². The second-order valence-corrected chi connectivity index (χ2v) is 5.38. The van der Waals surface area contributed by atoms with Crippen LogP contribution in [-0.4, -0.2) is 50.3 Å². The zero-order valence-electron chi connectivity index (χ0n) is 13.1. The van der Waals surface area contributed by atoms with Gasteiger partial charge in [-0.25, -0.2) is 0 Å². The fraction of sp³-hybridized carbons (Fsp3) is 0.562. The molecule has 1 amide bonds. The first kappa shape index (κ1) is 16.9. The third-order valence-corrected chi connectivity index (χ3v) is 3.59. The van der Waals surface area contributed by atoms with Crippen LogP contribution in [0, 0.1) is 0 Å². The summed E-state index contributed by atoms with van der Waals surface area (Å²) in [5, 5.41) is 0.399. The van der Waals surface area contributed by atoms with Crippen molar-refractivity contribution in [1.29, 1.82) is 0 Å². The highest BCUT2D eigenvalue weighted by atomic mass is 35.5. The molecule has 0 saturated carbocycles. The fourth-order valence-electron chi connectivity index (χ4n) is 2.25. The zero-order valence-corrected chi connectivity index (χ0v) is 13.8. The van der Waals surface area contributed by atoms with E-state index in [0.29, 0.717) is 61.6 Å². The molecule has 5 nitrogen and oxygen atoms in total. The average molecular weight is 328 g/mol. The molecule has 6 heteroatoms. The van der Waals surface area contributed by atoms with Gasteiger partial charge in [-0.2, -0.15) is 0 Å². The molecular formula is C16H22ClNO4. The van der Waals surface area contributed by atoms with E-state index >= 15 is 0 Å². The number of benzene rings is 1. The van der Waals surface area contributed by atoms with Crippen LogP contribution in [0.15, 0.2) is 12.1 Å². The lowest BCUT2D eigenvalue weighted by molar-refractivity contribution is 0.0302. The number of nitrogens with zero attached hydrogens (tertiary/aromatic N) is 1. The molecule has 2 rings (SSSR count). The monoisotopic (exact) mass is 327 g/mol. The Kier molecular flexibility index (Phi) is 6.34. The van der Waals surface area contributed by atoms with E-state index in [1.807, 2.05) is 13.8 Å². The van der Waals surface area contributed by atoms with Crippen molar-refractivity contribution in [3.63, 3.8) is 0 Å². The molecule has 0 aliphatic carbocycles. The van der Waals surface area contributed by atoms with Crippen LogP contribution in [0.1, 0.15) is 30.6 Å². The Hall–Kier alpha value is -1.46. The number of morpholine rings is 1. The van der Waals surface area contributed by atoms with Crippen LogP contribution in [0.2, 0.25) is 5.02 Å². The van der Waals surface area contributed by atoms with Crippen molar-refractivity contribution >= 4 is 17.5 Å². The van der Waals surface area contributed by atoms with E-state index in [-0.39, 0.29) is 5.91 Å². The fourth-order valence-corrected chi connectivity index (χ4v) is 2.51. The molecule has 0 atom stereocenters. The Balaban J connectivity index is 2.26. The first-order chi connectivity index (χ1) is 10.7. The molecule has 122 valence electrons. The van der Waals surface area contributed by atoms with Gasteiger partial charge >= 0.3 is 0 Å². The Morgan fingerprint density at radius 1 is 1.27 bits per heavy atom. The summed E-state index contributed by atoms with van der Waals surface area (Å²) < 4.78 is 16.5. The SMILES string of the molecule is CCCOc1c(Cl)cc(C(=O)N2CCOCC2)cc1OCC. The first-order valence-electron chi connectivity index (χ1n) is 7.63. The minimum absolute atomic E-state index is 0.0619. The third-order valence-electron chi connectivity index (χ3n) is 3.31. The van der Waals surface area contributed by atoms with E-state index < -0.39 is 0 Å². The van der Waals surface area contributed by atoms with Crippen molar-refractivity contribution in [2.45, 2.75) is 20.3 Å². The second-order valence-electron chi connectivity index (χ2n) is 4.97. The number of ether oxygens (including phenoxy) is 3. The Bertz CT molecular complexity index is 515. The highest BCUT2D eigenvalue weighted by Crippen LogP contribution is 2.37. The minimum Gasteiger partial charge on any atom is -0.490 e. The Morgan fingerprint density at radius 2 is 2.00 bits per heavy atom. The van der Waals surface area contributed by atoms with Crippen LogP contribution in [-0.2, 0) is 4.74 Å². The number of hydrogen-bond acceptors (Lipinski definition) is 4. The first-order valence-corrected chi connectivity index (χ1v) is 8.01. The maximum Gasteiger partial charge on any atom is 0.254 e. The van der Waals surface area contributed by atoms with Gasteiger partial charge in [0, 0.05) is 18.7 Å². The van der Waals surface area contributed by atoms with E-state index in [0.717, 1.165) is 6.42 Å². The summed E-state index contributed by atoms with van der Waals surface area (Å²) in [6, 6.07) is 3.35. The lowest BCUT2D eigenvalue weighted by Gasteiger charge is -2.27. The molecule has 0 aromatic heterocycles. The molecule has 1 aliphatic rings. The Morgan fingerprint density at radius 3 is 2.64 bits per heavy atom. The zero-order chi connectivity index (χ0) is 15.9. The van der Waals surface area contributed by atoms with Gasteiger partial charge in [-0.05, 0) is 25.5 Å². The summed E-state index contributed by atoms with van der Waals surface area (Å²) in [4.78, 5) is 14.3. The van der Waals surface area contributed by atoms with Gasteiger partial charge in [-0.15, -0.1) is 0 Å². The quantitative estimate of drug-likeness (QED) is 0.806. The number of hydrogen-bond donors (Lipinski definition) is 0. The van der Waals surface area contributed by atoms with Crippen molar-refractivity contribution in [2.24, 2.45) is 0 Å². The smallest absolute Gasteiger partial charge is 0.254 e. The predicted molar refractivity (Wildman–Crippen MR) is 85.1 cm³/mol. The van der Waals surface area contributed by atoms with E-state index in [2.05, 4.69) is 0 Å². The van der Waals surface area contributed by atoms with Gasteiger partial charge in [0.2, 0.25) is 0 Å². The van der Waals surface area contributed by atoms with E-state index in [9.17, 15) is 4.79 Å². The normalized spacial score (nSPS) is 14.8. The minimum atomic E-state index is -0.0619. The summed E-state index contributed by atoms with van der Waals surface area (Å²) in [5.74, 6) is 0.956. The van der Waals surface area contributed by atoms with Crippen LogP contribution in [0.25, 0.3) is 0 Å². The average Bonchev–Trinajstić information content (AvgIpc) is 2.54. The van der Waals surface area contributed by atoms with Gasteiger partial charge < -0.3 is 19.1 Å². The number of rotatable bonds is 6. The topological polar surface area (TPSA) is 48.0 Å². The highest BCUT2D eigenvalue weighted by molar-refractivity contribution is 6.32. The van der Waals surface area contributed by atoms with Crippen LogP contribution >= 0.6 is 11.6 Å². The number of carbonyl (C=O) groups is 1. The second kappa shape index (κ2) is 8.25. The lowest BCUT2D eigenvalue weighted by Crippen LogP contribution is -2.40. The molecule has 0 unspecified atom stereocenters. The largest absolute Gasteiger partial charge is 0.490 e. The van der Waals surface area contributed by atoms with Gasteiger partial charge in [0.15, 0.2) is 11.5 Å². The third kappa shape index (κ3) is 4.05. The number of amides is 1. The standard InChI is InChI=1S/C16H22ClNO4/c1-3-7-22-15-13(17)10-12(11-14(15)21-4-2)16(19)18-5-8-20-9-6-18/h10-11H,3-9H2,1-2H3. The molecular weight excluding hydrogens is 306 g/mol. The molecule has 0 spiro atoms. The molecule has 1 aromatic rings. The van der Waals surface area contributed by atoms with Gasteiger partial charge in [0.05, 0.1) is 31.5 Å². The predicted octanol–water partition coefficient (Wildman–Crippen LogP) is 3.00. The summed E-state index contributed by atoms with van der Waals surface area (Å²) in [6.07, 6.45) is 0.871. The molecule has 1 fully saturated rings. The van der Waals surface area contributed by atoms with E-state index in [4.69, 9.17) is 25.8 Å². The molecule has 1 aliphatic heterocycles. The van der Waals surface area contributed by atoms with Crippen LogP contribution < -0.4 is 9.47 Å². The van der Waals surface area contributed by atoms with Crippen LogP contribution in [0.3, 0.4) is 0 Å².